The number of sulfonamides is 1. The molecular weight excluding hydrogens is 446 g/mol. The number of para-hydroxylation sites is 1. The van der Waals surface area contributed by atoms with Crippen LogP contribution in [0.5, 0.6) is 0 Å². The second-order valence-corrected chi connectivity index (χ2v) is 9.01. The molecule has 0 fully saturated rings. The maximum Gasteiger partial charge on any atom is 0.264 e. The first-order valence-electron chi connectivity index (χ1n) is 9.48. The normalized spacial score (nSPS) is 10.9. The van der Waals surface area contributed by atoms with Gasteiger partial charge in [0.2, 0.25) is 0 Å². The number of rotatable bonds is 4. The zero-order valence-corrected chi connectivity index (χ0v) is 18.4. The minimum Gasteiger partial charge on any atom is -0.296 e. The predicted octanol–water partition coefficient (Wildman–Crippen LogP) is 4.60. The van der Waals surface area contributed by atoms with E-state index in [4.69, 9.17) is 11.6 Å². The number of nitrogens with one attached hydrogen (secondary N) is 1. The number of hydrogen-bond donors (Lipinski definition) is 1. The maximum absolute atomic E-state index is 13.3. The highest BCUT2D eigenvalue weighted by Gasteiger charge is 2.21. The predicted molar refractivity (Wildman–Crippen MR) is 124 cm³/mol. The van der Waals surface area contributed by atoms with Crippen molar-refractivity contribution in [3.05, 3.63) is 94.4 Å². The lowest BCUT2D eigenvalue weighted by Crippen LogP contribution is -2.15. The van der Waals surface area contributed by atoms with Crippen LogP contribution >= 0.6 is 11.6 Å². The van der Waals surface area contributed by atoms with Gasteiger partial charge in [0.15, 0.2) is 6.29 Å². The van der Waals surface area contributed by atoms with Crippen LogP contribution in [0.2, 0.25) is 5.02 Å². The molecule has 0 aliphatic rings. The molecular formula is C24H16ClN3O3S. The molecule has 0 radical (unpaired) electrons. The van der Waals surface area contributed by atoms with E-state index in [2.05, 4.69) is 26.5 Å². The summed E-state index contributed by atoms with van der Waals surface area (Å²) in [6, 6.07) is 16.7. The molecule has 0 amide bonds. The van der Waals surface area contributed by atoms with Crippen LogP contribution in [0, 0.1) is 18.8 Å². The summed E-state index contributed by atoms with van der Waals surface area (Å²) in [7, 11) is -4.01. The summed E-state index contributed by atoms with van der Waals surface area (Å²) in [4.78, 5) is 19.1. The van der Waals surface area contributed by atoms with Crippen LogP contribution in [-0.4, -0.2) is 24.7 Å². The molecule has 0 spiro atoms. The van der Waals surface area contributed by atoms with Crippen LogP contribution in [-0.2, 0) is 10.0 Å². The first-order valence-corrected chi connectivity index (χ1v) is 11.3. The van der Waals surface area contributed by atoms with E-state index >= 15 is 0 Å². The number of fused-ring (bicyclic) bond motifs is 1. The Labute approximate surface area is 190 Å². The first-order chi connectivity index (χ1) is 15.4. The van der Waals surface area contributed by atoms with Crippen molar-refractivity contribution in [2.45, 2.75) is 11.8 Å². The lowest BCUT2D eigenvalue weighted by atomic mass is 10.1. The maximum atomic E-state index is 13.3. The van der Waals surface area contributed by atoms with Crippen LogP contribution in [0.3, 0.4) is 0 Å². The molecule has 2 aromatic carbocycles. The van der Waals surface area contributed by atoms with Crippen molar-refractivity contribution in [1.82, 2.24) is 9.97 Å². The standard InChI is InChI=1S/C24H16ClN3O3S/c1-16-6-9-19-12-20(25)13-23(24(19)27-16)32(30,31)28-22-5-3-2-4-18(22)10-7-17-8-11-21(15-29)26-14-17/h2-6,8-9,11-15,28H,1H3. The Morgan fingerprint density at radius 2 is 1.84 bits per heavy atom. The van der Waals surface area contributed by atoms with Gasteiger partial charge in [0.25, 0.3) is 10.0 Å². The van der Waals surface area contributed by atoms with Crippen molar-refractivity contribution >= 4 is 44.5 Å². The van der Waals surface area contributed by atoms with E-state index in [0.29, 0.717) is 50.4 Å². The number of pyridine rings is 2. The fraction of sp³-hybridized carbons (Fsp3) is 0.0417. The minimum absolute atomic E-state index is 0.0138. The van der Waals surface area contributed by atoms with Crippen molar-refractivity contribution in [1.29, 1.82) is 0 Å². The van der Waals surface area contributed by atoms with Gasteiger partial charge in [-0.2, -0.15) is 0 Å². The van der Waals surface area contributed by atoms with Gasteiger partial charge >= 0.3 is 0 Å². The molecule has 0 unspecified atom stereocenters. The summed E-state index contributed by atoms with van der Waals surface area (Å²) in [6.45, 7) is 1.79. The SMILES string of the molecule is Cc1ccc2cc(Cl)cc(S(=O)(=O)Nc3ccccc3C#Cc3ccc(C=O)nc3)c2n1. The summed E-state index contributed by atoms with van der Waals surface area (Å²) in [5, 5.41) is 0.922. The molecule has 0 aliphatic heterocycles. The summed E-state index contributed by atoms with van der Waals surface area (Å²) in [5.41, 5.74) is 2.72. The Balaban J connectivity index is 1.73. The molecule has 0 atom stereocenters. The number of benzene rings is 2. The van der Waals surface area contributed by atoms with E-state index in [9.17, 15) is 13.2 Å². The van der Waals surface area contributed by atoms with E-state index < -0.39 is 10.0 Å². The molecule has 0 bridgehead atoms. The van der Waals surface area contributed by atoms with Crippen LogP contribution in [0.4, 0.5) is 5.69 Å². The topological polar surface area (TPSA) is 89.0 Å². The molecule has 1 N–H and O–H groups in total. The largest absolute Gasteiger partial charge is 0.296 e. The van der Waals surface area contributed by atoms with Gasteiger partial charge in [-0.25, -0.2) is 8.42 Å². The van der Waals surface area contributed by atoms with Crippen LogP contribution in [0.25, 0.3) is 10.9 Å². The summed E-state index contributed by atoms with van der Waals surface area (Å²) in [5.74, 6) is 5.88. The van der Waals surface area contributed by atoms with Gasteiger partial charge in [-0.05, 0) is 49.4 Å². The van der Waals surface area contributed by atoms with Crippen molar-refractivity contribution in [3.63, 3.8) is 0 Å². The number of anilines is 1. The molecule has 2 aromatic heterocycles. The van der Waals surface area contributed by atoms with Gasteiger partial charge < -0.3 is 0 Å². The van der Waals surface area contributed by atoms with Gasteiger partial charge in [-0.15, -0.1) is 0 Å². The Kier molecular flexibility index (Phi) is 5.91. The third-order valence-electron chi connectivity index (χ3n) is 4.57. The molecule has 0 aliphatic carbocycles. The Morgan fingerprint density at radius 1 is 1.03 bits per heavy atom. The summed E-state index contributed by atoms with van der Waals surface area (Å²) >= 11 is 6.17. The van der Waals surface area contributed by atoms with Crippen LogP contribution < -0.4 is 4.72 Å². The Hall–Kier alpha value is -3.73. The van der Waals surface area contributed by atoms with E-state index in [1.165, 1.54) is 12.3 Å². The molecule has 2 heterocycles. The number of aromatic nitrogens is 2. The number of halogens is 1. The lowest BCUT2D eigenvalue weighted by molar-refractivity contribution is 0.111. The minimum atomic E-state index is -4.01. The summed E-state index contributed by atoms with van der Waals surface area (Å²) in [6.07, 6.45) is 2.13. The average Bonchev–Trinajstić information content (AvgIpc) is 2.78. The fourth-order valence-electron chi connectivity index (χ4n) is 3.04. The number of nitrogens with zero attached hydrogens (tertiary/aromatic N) is 2. The van der Waals surface area contributed by atoms with Crippen LogP contribution in [0.15, 0.2) is 71.8 Å². The molecule has 158 valence electrons. The zero-order valence-electron chi connectivity index (χ0n) is 16.8. The molecule has 8 heteroatoms. The van der Waals surface area contributed by atoms with E-state index in [1.54, 1.807) is 61.5 Å². The molecule has 6 nitrogen and oxygen atoms in total. The Bertz CT molecular complexity index is 1510. The number of hydrogen-bond acceptors (Lipinski definition) is 5. The van der Waals surface area contributed by atoms with Crippen molar-refractivity contribution in [2.24, 2.45) is 0 Å². The van der Waals surface area contributed by atoms with E-state index in [0.717, 1.165) is 0 Å². The number of carbonyl (C=O) groups is 1. The van der Waals surface area contributed by atoms with Crippen molar-refractivity contribution in [3.8, 4) is 11.8 Å². The first kappa shape index (κ1) is 21.5. The molecule has 0 saturated carbocycles. The number of carbonyl (C=O) groups excluding carboxylic acids is 1. The van der Waals surface area contributed by atoms with E-state index in [-0.39, 0.29) is 4.90 Å². The second kappa shape index (κ2) is 8.79. The monoisotopic (exact) mass is 461 g/mol. The molecule has 0 saturated heterocycles. The second-order valence-electron chi connectivity index (χ2n) is 6.92. The highest BCUT2D eigenvalue weighted by atomic mass is 35.5. The van der Waals surface area contributed by atoms with Crippen molar-refractivity contribution in [2.75, 3.05) is 4.72 Å². The van der Waals surface area contributed by atoms with Crippen molar-refractivity contribution < 1.29 is 13.2 Å². The molecule has 4 aromatic rings. The van der Waals surface area contributed by atoms with Gasteiger partial charge in [-0.3, -0.25) is 19.5 Å². The zero-order chi connectivity index (χ0) is 22.7. The van der Waals surface area contributed by atoms with E-state index in [1.807, 2.05) is 0 Å². The highest BCUT2D eigenvalue weighted by Crippen LogP contribution is 2.28. The van der Waals surface area contributed by atoms with Gasteiger partial charge in [0.1, 0.15) is 10.6 Å². The molecule has 32 heavy (non-hydrogen) atoms. The lowest BCUT2D eigenvalue weighted by Gasteiger charge is -2.12. The average molecular weight is 462 g/mol. The molecule has 4 rings (SSSR count). The number of aldehydes is 1. The third kappa shape index (κ3) is 4.62. The Morgan fingerprint density at radius 3 is 2.59 bits per heavy atom. The third-order valence-corrected chi connectivity index (χ3v) is 6.17. The van der Waals surface area contributed by atoms with Gasteiger partial charge in [0.05, 0.1) is 11.2 Å². The van der Waals surface area contributed by atoms with Crippen LogP contribution in [0.1, 0.15) is 27.3 Å². The van der Waals surface area contributed by atoms with Gasteiger partial charge in [0, 0.05) is 33.4 Å². The smallest absolute Gasteiger partial charge is 0.264 e. The van der Waals surface area contributed by atoms with Gasteiger partial charge in [-0.1, -0.05) is 41.6 Å². The fourth-order valence-corrected chi connectivity index (χ4v) is 4.61. The number of aryl methyl sites for hydroxylation is 1. The quantitative estimate of drug-likeness (QED) is 0.354. The highest BCUT2D eigenvalue weighted by molar-refractivity contribution is 7.93. The summed E-state index contributed by atoms with van der Waals surface area (Å²) < 4.78 is 29.2.